The number of anilines is 1. The van der Waals surface area contributed by atoms with Gasteiger partial charge in [-0.15, -0.1) is 29.8 Å². The van der Waals surface area contributed by atoms with Crippen molar-refractivity contribution < 1.29 is 25.8 Å². The SMILES string of the molecule is Cc1cccc(C)c1-n1cnc(-c2[c-]c(Oc3[c-]c4c(cc3)N(C)B(c3c(C(C)C)cccc3C(C)C)n3ccnc3-4)ccc2)c1.[Pt+2]. The van der Waals surface area contributed by atoms with Crippen LogP contribution in [0.3, 0.4) is 0 Å². The van der Waals surface area contributed by atoms with Crippen molar-refractivity contribution >= 4 is 18.1 Å². The van der Waals surface area contributed by atoms with Gasteiger partial charge in [-0.1, -0.05) is 93.5 Å². The van der Waals surface area contributed by atoms with Crippen LogP contribution < -0.4 is 15.0 Å². The van der Waals surface area contributed by atoms with Crippen LogP contribution in [-0.4, -0.2) is 33.0 Å². The molecule has 4 aromatic carbocycles. The summed E-state index contributed by atoms with van der Waals surface area (Å²) in [6, 6.07) is 30.0. The Morgan fingerprint density at radius 1 is 0.787 bits per heavy atom. The molecule has 1 aliphatic rings. The first-order valence-corrected chi connectivity index (χ1v) is 16.0. The zero-order chi connectivity index (χ0) is 32.1. The van der Waals surface area contributed by atoms with Crippen LogP contribution in [-0.2, 0) is 21.1 Å². The molecular formula is C39H38BN5OPt. The van der Waals surface area contributed by atoms with Gasteiger partial charge in [0, 0.05) is 35.4 Å². The number of aromatic nitrogens is 4. The minimum absolute atomic E-state index is 0. The first-order valence-electron chi connectivity index (χ1n) is 16.0. The third-order valence-electron chi connectivity index (χ3n) is 9.02. The second-order valence-electron chi connectivity index (χ2n) is 12.8. The Labute approximate surface area is 292 Å². The summed E-state index contributed by atoms with van der Waals surface area (Å²) in [4.78, 5) is 11.9. The molecule has 0 radical (unpaired) electrons. The number of ether oxygens (including phenoxy) is 1. The summed E-state index contributed by atoms with van der Waals surface area (Å²) in [5, 5.41) is 0. The van der Waals surface area contributed by atoms with Gasteiger partial charge in [0.2, 0.25) is 0 Å². The summed E-state index contributed by atoms with van der Waals surface area (Å²) in [6.45, 7) is 13.3. The molecule has 0 saturated carbocycles. The van der Waals surface area contributed by atoms with Crippen molar-refractivity contribution in [1.29, 1.82) is 0 Å². The van der Waals surface area contributed by atoms with Gasteiger partial charge in [0.15, 0.2) is 0 Å². The predicted octanol–water partition coefficient (Wildman–Crippen LogP) is 8.35. The molecule has 6 nitrogen and oxygen atoms in total. The van der Waals surface area contributed by atoms with E-state index in [0.29, 0.717) is 23.3 Å². The first-order chi connectivity index (χ1) is 22.2. The number of rotatable bonds is 7. The maximum Gasteiger partial charge on any atom is 2.00 e. The van der Waals surface area contributed by atoms with E-state index in [1.54, 1.807) is 0 Å². The first kappa shape index (κ1) is 32.6. The van der Waals surface area contributed by atoms with Gasteiger partial charge in [0.05, 0.1) is 12.0 Å². The standard InChI is InChI=1S/C39H38BN5O.Pt/c1-25(2)32-15-10-16-33(26(3)4)37(32)40-43(7)36-18-17-31(22-34(36)39-41-19-20-45(39)40)46-30-14-9-13-29(21-30)35-23-44(24-42-35)38-27(5)11-8-12-28(38)6;/h8-20,23-26H,1-7H3;/q-2;+2. The molecular weight excluding hydrogens is 760 g/mol. The predicted molar refractivity (Wildman–Crippen MR) is 188 cm³/mol. The van der Waals surface area contributed by atoms with Crippen molar-refractivity contribution in [2.24, 2.45) is 0 Å². The van der Waals surface area contributed by atoms with Gasteiger partial charge in [0.1, 0.15) is 0 Å². The van der Waals surface area contributed by atoms with Crippen LogP contribution in [0.5, 0.6) is 11.5 Å². The fourth-order valence-corrected chi connectivity index (χ4v) is 6.82. The van der Waals surface area contributed by atoms with Crippen LogP contribution in [0.1, 0.15) is 61.8 Å². The fourth-order valence-electron chi connectivity index (χ4n) is 6.82. The van der Waals surface area contributed by atoms with E-state index in [9.17, 15) is 0 Å². The van der Waals surface area contributed by atoms with Crippen molar-refractivity contribution in [3.05, 3.63) is 126 Å². The summed E-state index contributed by atoms with van der Waals surface area (Å²) >= 11 is 0. The Kier molecular flexibility index (Phi) is 9.04. The average Bonchev–Trinajstić information content (AvgIpc) is 3.72. The number of fused-ring (bicyclic) bond motifs is 3. The summed E-state index contributed by atoms with van der Waals surface area (Å²) in [5.74, 6) is 2.88. The summed E-state index contributed by atoms with van der Waals surface area (Å²) in [7, 11) is 2.16. The molecule has 3 heterocycles. The molecule has 0 N–H and O–H groups in total. The summed E-state index contributed by atoms with van der Waals surface area (Å²) < 4.78 is 10.7. The number of hydrogen-bond acceptors (Lipinski definition) is 4. The van der Waals surface area contributed by atoms with Gasteiger partial charge >= 0.3 is 28.0 Å². The summed E-state index contributed by atoms with van der Waals surface area (Å²) in [5.41, 5.74) is 11.3. The molecule has 0 amide bonds. The molecule has 0 fully saturated rings. The van der Waals surface area contributed by atoms with Crippen LogP contribution >= 0.6 is 0 Å². The van der Waals surface area contributed by atoms with Gasteiger partial charge in [-0.3, -0.25) is 9.97 Å². The van der Waals surface area contributed by atoms with Crippen molar-refractivity contribution in [3.8, 4) is 39.8 Å². The number of aryl methyl sites for hydroxylation is 2. The van der Waals surface area contributed by atoms with E-state index in [1.165, 1.54) is 27.7 Å². The quantitative estimate of drug-likeness (QED) is 0.121. The Hall–Kier alpha value is -4.35. The molecule has 8 heteroatoms. The molecule has 0 spiro atoms. The second-order valence-corrected chi connectivity index (χ2v) is 12.8. The Balaban J connectivity index is 0.00000386. The number of para-hydroxylation sites is 1. The molecule has 0 aliphatic carbocycles. The average molecular weight is 799 g/mol. The van der Waals surface area contributed by atoms with Gasteiger partial charge in [-0.05, 0) is 66.6 Å². The van der Waals surface area contributed by atoms with E-state index in [4.69, 9.17) is 14.7 Å². The molecule has 0 unspecified atom stereocenters. The Morgan fingerprint density at radius 3 is 2.15 bits per heavy atom. The van der Waals surface area contributed by atoms with Gasteiger partial charge < -0.3 is 18.6 Å². The van der Waals surface area contributed by atoms with Crippen LogP contribution in [0, 0.1) is 26.0 Å². The number of benzene rings is 4. The fraction of sp³-hybridized carbons (Fsp3) is 0.231. The zero-order valence-electron chi connectivity index (χ0n) is 27.9. The molecule has 0 saturated heterocycles. The molecule has 0 atom stereocenters. The van der Waals surface area contributed by atoms with Crippen molar-refractivity contribution in [2.45, 2.75) is 53.4 Å². The Morgan fingerprint density at radius 2 is 1.45 bits per heavy atom. The molecule has 2 aromatic heterocycles. The number of hydrogen-bond donors (Lipinski definition) is 0. The van der Waals surface area contributed by atoms with E-state index in [1.807, 2.05) is 43.0 Å². The van der Waals surface area contributed by atoms with Gasteiger partial charge in [0.25, 0.3) is 0 Å². The number of imidazole rings is 2. The topological polar surface area (TPSA) is 48.1 Å². The molecule has 1 aliphatic heterocycles. The maximum absolute atomic E-state index is 6.37. The van der Waals surface area contributed by atoms with Crippen molar-refractivity contribution in [2.75, 3.05) is 11.9 Å². The molecule has 7 rings (SSSR count). The van der Waals surface area contributed by atoms with E-state index in [2.05, 4.69) is 123 Å². The normalized spacial score (nSPS) is 12.3. The minimum atomic E-state index is -0.0190. The van der Waals surface area contributed by atoms with Gasteiger partial charge in [-0.2, -0.15) is 0 Å². The van der Waals surface area contributed by atoms with E-state index in [0.717, 1.165) is 34.0 Å². The second kappa shape index (κ2) is 13.0. The van der Waals surface area contributed by atoms with Crippen LogP contribution in [0.15, 0.2) is 91.6 Å². The largest absolute Gasteiger partial charge is 2.00 e. The monoisotopic (exact) mass is 798 g/mol. The van der Waals surface area contributed by atoms with Crippen LogP contribution in [0.2, 0.25) is 0 Å². The van der Waals surface area contributed by atoms with Gasteiger partial charge in [-0.25, -0.2) is 0 Å². The molecule has 0 bridgehead atoms. The maximum atomic E-state index is 6.37. The van der Waals surface area contributed by atoms with Crippen LogP contribution in [0.25, 0.3) is 28.3 Å². The van der Waals surface area contributed by atoms with E-state index in [-0.39, 0.29) is 28.0 Å². The third kappa shape index (κ3) is 5.87. The third-order valence-corrected chi connectivity index (χ3v) is 9.02. The summed E-state index contributed by atoms with van der Waals surface area (Å²) in [6.07, 6.45) is 7.87. The zero-order valence-corrected chi connectivity index (χ0v) is 30.1. The molecule has 6 aromatic rings. The smallest absolute Gasteiger partial charge is 0.497 e. The van der Waals surface area contributed by atoms with Crippen molar-refractivity contribution in [1.82, 2.24) is 19.0 Å². The number of nitrogens with zero attached hydrogens (tertiary/aromatic N) is 5. The van der Waals surface area contributed by atoms with Crippen molar-refractivity contribution in [3.63, 3.8) is 0 Å². The van der Waals surface area contributed by atoms with E-state index < -0.39 is 0 Å². The molecule has 47 heavy (non-hydrogen) atoms. The molecule has 238 valence electrons. The van der Waals surface area contributed by atoms with E-state index >= 15 is 0 Å². The Bertz CT molecular complexity index is 2020. The minimum Gasteiger partial charge on any atom is -0.497 e. The van der Waals surface area contributed by atoms with Crippen LogP contribution in [0.4, 0.5) is 5.69 Å².